The molecule has 0 saturated heterocycles. The Labute approximate surface area is 118 Å². The summed E-state index contributed by atoms with van der Waals surface area (Å²) >= 11 is 1.49. The molecule has 0 spiro atoms. The lowest BCUT2D eigenvalue weighted by atomic mass is 10.1. The smallest absolute Gasteiger partial charge is 0.0877 e. The van der Waals surface area contributed by atoms with Gasteiger partial charge in [0.05, 0.1) is 22.3 Å². The summed E-state index contributed by atoms with van der Waals surface area (Å²) in [6.45, 7) is 8.25. The lowest BCUT2D eigenvalue weighted by molar-refractivity contribution is 0.532. The van der Waals surface area contributed by atoms with Gasteiger partial charge in [0.25, 0.3) is 0 Å². The van der Waals surface area contributed by atoms with Crippen LogP contribution in [0, 0.1) is 0 Å². The van der Waals surface area contributed by atoms with Crippen LogP contribution in [0.1, 0.15) is 49.5 Å². The quantitative estimate of drug-likeness (QED) is 0.845. The van der Waals surface area contributed by atoms with Gasteiger partial charge >= 0.3 is 0 Å². The highest BCUT2D eigenvalue weighted by Gasteiger charge is 2.22. The molecule has 0 amide bonds. The molecule has 2 aromatic heterocycles. The molecule has 0 fully saturated rings. The molecule has 0 aliphatic carbocycles. The average Bonchev–Trinajstić information content (AvgIpc) is 3.07. The van der Waals surface area contributed by atoms with Crippen LogP contribution in [0.25, 0.3) is 0 Å². The third kappa shape index (κ3) is 3.01. The maximum absolute atomic E-state index is 4.37. The van der Waals surface area contributed by atoms with E-state index in [1.54, 1.807) is 0 Å². The van der Waals surface area contributed by atoms with E-state index >= 15 is 0 Å². The highest BCUT2D eigenvalue weighted by Crippen LogP contribution is 2.27. The summed E-state index contributed by atoms with van der Waals surface area (Å²) in [6.07, 6.45) is 3.88. The van der Waals surface area contributed by atoms with E-state index in [2.05, 4.69) is 46.8 Å². The first-order valence-electron chi connectivity index (χ1n) is 6.87. The Morgan fingerprint density at radius 2 is 2.21 bits per heavy atom. The lowest BCUT2D eigenvalue weighted by Gasteiger charge is -2.18. The van der Waals surface area contributed by atoms with E-state index in [1.165, 1.54) is 22.1 Å². The van der Waals surface area contributed by atoms with Crippen molar-refractivity contribution >= 4 is 11.5 Å². The molecule has 0 saturated carbocycles. The van der Waals surface area contributed by atoms with Crippen molar-refractivity contribution in [2.45, 2.75) is 46.2 Å². The number of aryl methyl sites for hydroxylation is 2. The summed E-state index contributed by atoms with van der Waals surface area (Å²) in [6, 6.07) is 2.23. The molecule has 6 heteroatoms. The predicted octanol–water partition coefficient (Wildman–Crippen LogP) is 2.41. The van der Waals surface area contributed by atoms with Crippen LogP contribution in [-0.4, -0.2) is 25.9 Å². The van der Waals surface area contributed by atoms with Crippen molar-refractivity contribution < 1.29 is 0 Å². The van der Waals surface area contributed by atoms with Gasteiger partial charge in [-0.25, -0.2) is 0 Å². The fraction of sp³-hybridized carbons (Fsp3) is 0.615. The number of hydrogen-bond donors (Lipinski definition) is 1. The van der Waals surface area contributed by atoms with E-state index in [1.807, 2.05) is 10.9 Å². The number of nitrogens with one attached hydrogen (secondary N) is 1. The van der Waals surface area contributed by atoms with Gasteiger partial charge in [-0.05, 0) is 43.9 Å². The van der Waals surface area contributed by atoms with Crippen molar-refractivity contribution in [1.29, 1.82) is 0 Å². The maximum Gasteiger partial charge on any atom is 0.0877 e. The van der Waals surface area contributed by atoms with Gasteiger partial charge in [-0.1, -0.05) is 18.3 Å². The Hall–Kier alpha value is -1.27. The molecule has 19 heavy (non-hydrogen) atoms. The largest absolute Gasteiger partial charge is 0.304 e. The molecule has 1 atom stereocenters. The molecule has 2 aromatic rings. The molecule has 2 rings (SSSR count). The van der Waals surface area contributed by atoms with Gasteiger partial charge in [-0.2, -0.15) is 5.10 Å². The molecular weight excluding hydrogens is 258 g/mol. The van der Waals surface area contributed by atoms with E-state index in [9.17, 15) is 0 Å². The molecule has 2 heterocycles. The van der Waals surface area contributed by atoms with Crippen molar-refractivity contribution in [1.82, 2.24) is 24.7 Å². The first-order chi connectivity index (χ1) is 9.31. The lowest BCUT2D eigenvalue weighted by Crippen LogP contribution is -2.26. The fourth-order valence-corrected chi connectivity index (χ4v) is 2.98. The van der Waals surface area contributed by atoms with Crippen molar-refractivity contribution in [3.63, 3.8) is 0 Å². The van der Waals surface area contributed by atoms with Crippen LogP contribution in [-0.2, 0) is 13.0 Å². The Balaban J connectivity index is 2.35. The summed E-state index contributed by atoms with van der Waals surface area (Å²) in [4.78, 5) is 1.21. The van der Waals surface area contributed by atoms with Crippen LogP contribution in [0.4, 0.5) is 0 Å². The van der Waals surface area contributed by atoms with Gasteiger partial charge in [0.15, 0.2) is 0 Å². The average molecular weight is 279 g/mol. The number of aromatic nitrogens is 4. The highest BCUT2D eigenvalue weighted by molar-refractivity contribution is 7.05. The van der Waals surface area contributed by atoms with Crippen LogP contribution in [0.15, 0.2) is 12.3 Å². The standard InChI is InChI=1S/C13H21N5S/c1-4-8-14-12(11-7-9-15-18(11)6-3)13-10(5-2)16-17-19-13/h7,9,12,14H,4-6,8H2,1-3H3. The molecular formula is C13H21N5S. The Bertz CT molecular complexity index is 462. The normalized spacial score (nSPS) is 12.8. The number of hydrogen-bond acceptors (Lipinski definition) is 5. The second-order valence-electron chi connectivity index (χ2n) is 4.40. The van der Waals surface area contributed by atoms with Crippen LogP contribution in [0.3, 0.4) is 0 Å². The van der Waals surface area contributed by atoms with Crippen LogP contribution in [0.2, 0.25) is 0 Å². The topological polar surface area (TPSA) is 55.6 Å². The molecule has 0 aromatic carbocycles. The zero-order chi connectivity index (χ0) is 13.7. The maximum atomic E-state index is 4.37. The molecule has 0 radical (unpaired) electrons. The molecule has 0 aliphatic rings. The summed E-state index contributed by atoms with van der Waals surface area (Å²) in [7, 11) is 0. The molecule has 1 N–H and O–H groups in total. The van der Waals surface area contributed by atoms with Gasteiger partial charge < -0.3 is 5.32 Å². The van der Waals surface area contributed by atoms with Crippen LogP contribution < -0.4 is 5.32 Å². The van der Waals surface area contributed by atoms with Gasteiger partial charge in [0, 0.05) is 12.7 Å². The Morgan fingerprint density at radius 1 is 1.37 bits per heavy atom. The molecule has 0 aliphatic heterocycles. The molecule has 0 bridgehead atoms. The fourth-order valence-electron chi connectivity index (χ4n) is 2.15. The first-order valence-corrected chi connectivity index (χ1v) is 7.65. The molecule has 1 unspecified atom stereocenters. The minimum atomic E-state index is 0.150. The predicted molar refractivity (Wildman–Crippen MR) is 77.3 cm³/mol. The highest BCUT2D eigenvalue weighted by atomic mass is 32.1. The Morgan fingerprint density at radius 3 is 2.89 bits per heavy atom. The minimum Gasteiger partial charge on any atom is -0.304 e. The van der Waals surface area contributed by atoms with E-state index in [4.69, 9.17) is 0 Å². The van der Waals surface area contributed by atoms with E-state index in [0.717, 1.165) is 31.6 Å². The van der Waals surface area contributed by atoms with E-state index < -0.39 is 0 Å². The SMILES string of the molecule is CCCNC(c1snnc1CC)c1ccnn1CC. The second-order valence-corrected chi connectivity index (χ2v) is 5.18. The third-order valence-corrected chi connectivity index (χ3v) is 3.96. The van der Waals surface area contributed by atoms with Gasteiger partial charge in [0.2, 0.25) is 0 Å². The van der Waals surface area contributed by atoms with Gasteiger partial charge in [-0.15, -0.1) is 5.10 Å². The number of rotatable bonds is 7. The Kier molecular flexibility index (Phi) is 5.04. The van der Waals surface area contributed by atoms with Crippen molar-refractivity contribution in [2.24, 2.45) is 0 Å². The summed E-state index contributed by atoms with van der Waals surface area (Å²) in [5.41, 5.74) is 2.28. The van der Waals surface area contributed by atoms with E-state index in [0.29, 0.717) is 0 Å². The van der Waals surface area contributed by atoms with E-state index in [-0.39, 0.29) is 6.04 Å². The second kappa shape index (κ2) is 6.77. The van der Waals surface area contributed by atoms with Gasteiger partial charge in [0.1, 0.15) is 0 Å². The zero-order valence-electron chi connectivity index (χ0n) is 11.8. The third-order valence-electron chi connectivity index (χ3n) is 3.13. The number of nitrogens with zero attached hydrogens (tertiary/aromatic N) is 4. The summed E-state index contributed by atoms with van der Waals surface area (Å²) in [5.74, 6) is 0. The minimum absolute atomic E-state index is 0.150. The zero-order valence-corrected chi connectivity index (χ0v) is 12.6. The van der Waals surface area contributed by atoms with Crippen molar-refractivity contribution in [3.05, 3.63) is 28.5 Å². The summed E-state index contributed by atoms with van der Waals surface area (Å²) < 4.78 is 6.14. The first kappa shape index (κ1) is 14.1. The summed E-state index contributed by atoms with van der Waals surface area (Å²) in [5, 5.41) is 12.2. The van der Waals surface area contributed by atoms with Crippen molar-refractivity contribution in [3.8, 4) is 0 Å². The van der Waals surface area contributed by atoms with Gasteiger partial charge in [-0.3, -0.25) is 4.68 Å². The monoisotopic (exact) mass is 279 g/mol. The molecule has 5 nitrogen and oxygen atoms in total. The molecule has 104 valence electrons. The van der Waals surface area contributed by atoms with Crippen molar-refractivity contribution in [2.75, 3.05) is 6.54 Å². The van der Waals surface area contributed by atoms with Crippen LogP contribution >= 0.6 is 11.5 Å². The van der Waals surface area contributed by atoms with Crippen LogP contribution in [0.5, 0.6) is 0 Å².